The van der Waals surface area contributed by atoms with Gasteiger partial charge in [0.2, 0.25) is 15.8 Å². The molecule has 0 aliphatic carbocycles. The summed E-state index contributed by atoms with van der Waals surface area (Å²) in [6.45, 7) is 4.80. The lowest BCUT2D eigenvalue weighted by Crippen LogP contribution is -3.15. The molecule has 1 aliphatic heterocycles. The molecule has 2 aromatic rings. The Kier molecular flexibility index (Phi) is 6.72. The summed E-state index contributed by atoms with van der Waals surface area (Å²) in [7, 11) is -3.53. The molecule has 1 aliphatic rings. The Labute approximate surface area is 170 Å². The molecule has 0 bridgehead atoms. The van der Waals surface area contributed by atoms with Gasteiger partial charge in [-0.05, 0) is 55.5 Å². The highest BCUT2D eigenvalue weighted by atomic mass is 35.5. The number of carbonyl (C=O) groups excluding carboxylic acids is 1. The molecule has 0 amide bonds. The van der Waals surface area contributed by atoms with Crippen LogP contribution in [0.1, 0.15) is 17.3 Å². The van der Waals surface area contributed by atoms with E-state index in [1.165, 1.54) is 16.4 Å². The van der Waals surface area contributed by atoms with Gasteiger partial charge < -0.3 is 9.64 Å². The van der Waals surface area contributed by atoms with Crippen LogP contribution in [-0.2, 0) is 10.0 Å². The van der Waals surface area contributed by atoms with Gasteiger partial charge in [0.1, 0.15) is 12.3 Å². The monoisotopic (exact) mass is 423 g/mol. The minimum Gasteiger partial charge on any atom is -0.494 e. The Morgan fingerprint density at radius 3 is 2.25 bits per heavy atom. The van der Waals surface area contributed by atoms with Crippen molar-refractivity contribution >= 4 is 27.4 Å². The normalized spacial score (nSPS) is 16.1. The van der Waals surface area contributed by atoms with Crippen molar-refractivity contribution in [1.29, 1.82) is 0 Å². The molecule has 0 spiro atoms. The summed E-state index contributed by atoms with van der Waals surface area (Å²) in [4.78, 5) is 13.8. The van der Waals surface area contributed by atoms with E-state index in [4.69, 9.17) is 16.3 Å². The maximum atomic E-state index is 12.7. The third-order valence-electron chi connectivity index (χ3n) is 4.78. The number of piperazine rings is 1. The van der Waals surface area contributed by atoms with E-state index in [-0.39, 0.29) is 10.7 Å². The van der Waals surface area contributed by atoms with Crippen LogP contribution in [0.5, 0.6) is 5.75 Å². The Bertz CT molecular complexity index is 906. The molecule has 2 aromatic carbocycles. The second-order valence-electron chi connectivity index (χ2n) is 6.67. The fraction of sp³-hybridized carbons (Fsp3) is 0.350. The van der Waals surface area contributed by atoms with Crippen LogP contribution in [0.15, 0.2) is 53.4 Å². The second kappa shape index (κ2) is 9.05. The highest BCUT2D eigenvalue weighted by Crippen LogP contribution is 2.18. The molecule has 1 fully saturated rings. The largest absolute Gasteiger partial charge is 0.494 e. The average Bonchev–Trinajstić information content (AvgIpc) is 2.69. The third-order valence-corrected chi connectivity index (χ3v) is 6.94. The fourth-order valence-electron chi connectivity index (χ4n) is 3.21. The van der Waals surface area contributed by atoms with E-state index in [2.05, 4.69) is 0 Å². The molecular formula is C20H24ClN2O4S+. The van der Waals surface area contributed by atoms with Gasteiger partial charge >= 0.3 is 0 Å². The molecule has 0 unspecified atom stereocenters. The van der Waals surface area contributed by atoms with Crippen molar-refractivity contribution in [1.82, 2.24) is 4.31 Å². The first-order valence-electron chi connectivity index (χ1n) is 9.25. The number of carbonyl (C=O) groups is 1. The second-order valence-corrected chi connectivity index (χ2v) is 9.04. The number of nitrogens with one attached hydrogen (secondary N) is 1. The van der Waals surface area contributed by atoms with Crippen molar-refractivity contribution in [3.05, 3.63) is 59.1 Å². The van der Waals surface area contributed by atoms with Gasteiger partial charge in [-0.25, -0.2) is 8.42 Å². The van der Waals surface area contributed by atoms with Gasteiger partial charge in [0.25, 0.3) is 0 Å². The highest BCUT2D eigenvalue weighted by molar-refractivity contribution is 7.89. The van der Waals surface area contributed by atoms with Crippen LogP contribution in [0.25, 0.3) is 0 Å². The van der Waals surface area contributed by atoms with Gasteiger partial charge in [-0.15, -0.1) is 0 Å². The number of nitrogens with zero attached hydrogens (tertiary/aromatic N) is 1. The van der Waals surface area contributed by atoms with E-state index in [0.717, 1.165) is 10.6 Å². The summed E-state index contributed by atoms with van der Waals surface area (Å²) in [6, 6.07) is 13.3. The maximum absolute atomic E-state index is 12.7. The van der Waals surface area contributed by atoms with Crippen LogP contribution < -0.4 is 9.64 Å². The van der Waals surface area contributed by atoms with Crippen molar-refractivity contribution < 1.29 is 22.8 Å². The van der Waals surface area contributed by atoms with Crippen molar-refractivity contribution in [3.8, 4) is 5.75 Å². The van der Waals surface area contributed by atoms with E-state index < -0.39 is 10.0 Å². The fourth-order valence-corrected chi connectivity index (χ4v) is 4.78. The molecule has 3 rings (SSSR count). The highest BCUT2D eigenvalue weighted by Gasteiger charge is 2.31. The molecule has 0 aromatic heterocycles. The molecular weight excluding hydrogens is 400 g/mol. The number of ketones is 1. The van der Waals surface area contributed by atoms with E-state index in [9.17, 15) is 13.2 Å². The van der Waals surface area contributed by atoms with Crippen LogP contribution in [0.4, 0.5) is 0 Å². The summed E-state index contributed by atoms with van der Waals surface area (Å²) in [5, 5.41) is 0.501. The Balaban J connectivity index is 1.56. The topological polar surface area (TPSA) is 68.1 Å². The van der Waals surface area contributed by atoms with Crippen molar-refractivity contribution in [2.75, 3.05) is 39.3 Å². The van der Waals surface area contributed by atoms with Gasteiger partial charge in [0, 0.05) is 10.6 Å². The first kappa shape index (κ1) is 20.8. The number of benzene rings is 2. The Hall–Kier alpha value is -1.93. The van der Waals surface area contributed by atoms with Crippen molar-refractivity contribution in [3.63, 3.8) is 0 Å². The molecule has 0 atom stereocenters. The average molecular weight is 424 g/mol. The van der Waals surface area contributed by atoms with Crippen molar-refractivity contribution in [2.45, 2.75) is 11.8 Å². The smallest absolute Gasteiger partial charge is 0.243 e. The molecule has 1 N–H and O–H groups in total. The Morgan fingerprint density at radius 1 is 1.07 bits per heavy atom. The van der Waals surface area contributed by atoms with Crippen molar-refractivity contribution in [2.24, 2.45) is 0 Å². The van der Waals surface area contributed by atoms with E-state index in [1.807, 2.05) is 6.92 Å². The molecule has 6 nitrogen and oxygen atoms in total. The Morgan fingerprint density at radius 2 is 1.68 bits per heavy atom. The molecule has 0 radical (unpaired) electrons. The molecule has 28 heavy (non-hydrogen) atoms. The molecule has 150 valence electrons. The van der Waals surface area contributed by atoms with E-state index >= 15 is 0 Å². The zero-order chi connectivity index (χ0) is 20.1. The summed E-state index contributed by atoms with van der Waals surface area (Å²) in [5.41, 5.74) is 0.646. The SMILES string of the molecule is CCOc1ccc(C(=O)C[NH+]2CCN(S(=O)(=O)c3ccc(Cl)cc3)CC2)cc1. The molecule has 0 saturated carbocycles. The third kappa shape index (κ3) is 4.91. The number of hydrogen-bond acceptors (Lipinski definition) is 4. The number of halogens is 1. The predicted octanol–water partition coefficient (Wildman–Crippen LogP) is 1.51. The first-order chi connectivity index (χ1) is 13.4. The lowest BCUT2D eigenvalue weighted by Gasteiger charge is -2.31. The number of sulfonamides is 1. The maximum Gasteiger partial charge on any atom is 0.243 e. The van der Waals surface area contributed by atoms with Crippen LogP contribution in [0.2, 0.25) is 5.02 Å². The predicted molar refractivity (Wildman–Crippen MR) is 108 cm³/mol. The summed E-state index contributed by atoms with van der Waals surface area (Å²) >= 11 is 5.84. The van der Waals surface area contributed by atoms with Crippen LogP contribution in [-0.4, -0.2) is 57.8 Å². The molecule has 1 saturated heterocycles. The lowest BCUT2D eigenvalue weighted by molar-refractivity contribution is -0.895. The minimum absolute atomic E-state index is 0.0482. The summed E-state index contributed by atoms with van der Waals surface area (Å²) in [5.74, 6) is 0.791. The standard InChI is InChI=1S/C20H23ClN2O4S/c1-2-27-18-7-3-16(4-8-18)20(24)15-22-11-13-23(14-12-22)28(25,26)19-9-5-17(21)6-10-19/h3-10H,2,11-15H2,1H3/p+1. The number of quaternary nitrogens is 1. The number of ether oxygens (including phenoxy) is 1. The van der Waals surface area contributed by atoms with Gasteiger partial charge in [-0.2, -0.15) is 4.31 Å². The zero-order valence-electron chi connectivity index (χ0n) is 15.7. The van der Waals surface area contributed by atoms with E-state index in [1.54, 1.807) is 36.4 Å². The first-order valence-corrected chi connectivity index (χ1v) is 11.1. The van der Waals surface area contributed by atoms with Crippen LogP contribution >= 0.6 is 11.6 Å². The minimum atomic E-state index is -3.53. The van der Waals surface area contributed by atoms with E-state index in [0.29, 0.717) is 49.9 Å². The quantitative estimate of drug-likeness (QED) is 0.685. The summed E-state index contributed by atoms with van der Waals surface area (Å²) in [6.07, 6.45) is 0. The van der Waals surface area contributed by atoms with Gasteiger partial charge in [0.15, 0.2) is 0 Å². The van der Waals surface area contributed by atoms with Gasteiger partial charge in [0.05, 0.1) is 37.7 Å². The number of rotatable bonds is 7. The van der Waals surface area contributed by atoms with Gasteiger partial charge in [-0.3, -0.25) is 4.79 Å². The zero-order valence-corrected chi connectivity index (χ0v) is 17.3. The summed E-state index contributed by atoms with van der Waals surface area (Å²) < 4.78 is 32.3. The van der Waals surface area contributed by atoms with Crippen LogP contribution in [0, 0.1) is 0 Å². The molecule has 1 heterocycles. The number of Topliss-reactive ketones (excluding diaryl/α,β-unsaturated/α-hetero) is 1. The lowest BCUT2D eigenvalue weighted by atomic mass is 10.1. The molecule has 8 heteroatoms. The van der Waals surface area contributed by atoms with Gasteiger partial charge in [-0.1, -0.05) is 11.6 Å². The van der Waals surface area contributed by atoms with Crippen LogP contribution in [0.3, 0.4) is 0 Å². The number of hydrogen-bond donors (Lipinski definition) is 1.